The summed E-state index contributed by atoms with van der Waals surface area (Å²) < 4.78 is 5.45. The zero-order valence-corrected chi connectivity index (χ0v) is 13.6. The van der Waals surface area contributed by atoms with Crippen LogP contribution in [0.5, 0.6) is 0 Å². The molecule has 1 aliphatic heterocycles. The van der Waals surface area contributed by atoms with E-state index >= 15 is 0 Å². The smallest absolute Gasteiger partial charge is 0.253 e. The van der Waals surface area contributed by atoms with Gasteiger partial charge >= 0.3 is 0 Å². The second-order valence-electron chi connectivity index (χ2n) is 6.16. The Kier molecular flexibility index (Phi) is 5.62. The van der Waals surface area contributed by atoms with Crippen LogP contribution in [0, 0.1) is 5.92 Å². The summed E-state index contributed by atoms with van der Waals surface area (Å²) >= 11 is 0. The second-order valence-corrected chi connectivity index (χ2v) is 6.16. The molecule has 1 saturated heterocycles. The summed E-state index contributed by atoms with van der Waals surface area (Å²) in [5.41, 5.74) is 1.67. The minimum atomic E-state index is -1.16. The number of aliphatic hydroxyl groups excluding tert-OH is 1. The molecule has 0 aromatic heterocycles. The van der Waals surface area contributed by atoms with E-state index in [0.29, 0.717) is 24.7 Å². The lowest BCUT2D eigenvalue weighted by molar-refractivity contribution is -0.131. The maximum Gasteiger partial charge on any atom is 0.253 e. The molecular formula is C20H23NO3. The fraction of sp³-hybridized carbons (Fsp3) is 0.350. The third-order valence-corrected chi connectivity index (χ3v) is 4.56. The second kappa shape index (κ2) is 8.08. The molecule has 4 nitrogen and oxygen atoms in total. The molecule has 1 amide bonds. The molecule has 2 aromatic carbocycles. The Bertz CT molecular complexity index is 638. The van der Waals surface area contributed by atoms with E-state index in [0.717, 1.165) is 18.4 Å². The van der Waals surface area contributed by atoms with Crippen molar-refractivity contribution in [2.75, 3.05) is 13.2 Å². The molecular weight excluding hydrogens is 302 g/mol. The molecule has 24 heavy (non-hydrogen) atoms. The van der Waals surface area contributed by atoms with Gasteiger partial charge in [-0.25, -0.2) is 0 Å². The quantitative estimate of drug-likeness (QED) is 0.888. The molecule has 0 aliphatic carbocycles. The van der Waals surface area contributed by atoms with Crippen LogP contribution in [0.4, 0.5) is 0 Å². The van der Waals surface area contributed by atoms with Crippen molar-refractivity contribution in [2.24, 2.45) is 5.92 Å². The van der Waals surface area contributed by atoms with Gasteiger partial charge in [-0.2, -0.15) is 0 Å². The normalized spacial score (nSPS) is 17.9. The van der Waals surface area contributed by atoms with Crippen LogP contribution < -0.4 is 5.32 Å². The zero-order chi connectivity index (χ0) is 16.8. The van der Waals surface area contributed by atoms with Crippen molar-refractivity contribution in [1.29, 1.82) is 0 Å². The van der Waals surface area contributed by atoms with Crippen molar-refractivity contribution in [3.8, 4) is 0 Å². The van der Waals surface area contributed by atoms with Crippen LogP contribution in [-0.2, 0) is 9.53 Å². The molecule has 0 radical (unpaired) electrons. The fourth-order valence-corrected chi connectivity index (χ4v) is 3.20. The summed E-state index contributed by atoms with van der Waals surface area (Å²) in [4.78, 5) is 12.6. The Morgan fingerprint density at radius 1 is 0.958 bits per heavy atom. The summed E-state index contributed by atoms with van der Waals surface area (Å²) in [6.07, 6.45) is 0.653. The number of carbonyl (C=O) groups is 1. The summed E-state index contributed by atoms with van der Waals surface area (Å²) in [5, 5.41) is 13.4. The average Bonchev–Trinajstić information content (AvgIpc) is 2.67. The standard InChI is InChI=1S/C20H23NO3/c22-19(17-9-5-2-6-10-17)20(23)21-18(15-7-3-1-4-8-15)16-11-13-24-14-12-16/h1-10,16,18-19,22H,11-14H2,(H,21,23)/t18-,19-/m0/s1. The van der Waals surface area contributed by atoms with Crippen LogP contribution in [0.2, 0.25) is 0 Å². The summed E-state index contributed by atoms with van der Waals surface area (Å²) in [5.74, 6) is -0.0466. The number of ether oxygens (including phenoxy) is 1. The van der Waals surface area contributed by atoms with E-state index in [1.807, 2.05) is 48.5 Å². The maximum atomic E-state index is 12.6. The molecule has 1 heterocycles. The predicted octanol–water partition coefficient (Wildman–Crippen LogP) is 3.00. The van der Waals surface area contributed by atoms with Crippen molar-refractivity contribution in [3.63, 3.8) is 0 Å². The van der Waals surface area contributed by atoms with Gasteiger partial charge in [0, 0.05) is 13.2 Å². The van der Waals surface area contributed by atoms with Gasteiger partial charge in [0.15, 0.2) is 6.10 Å². The van der Waals surface area contributed by atoms with Gasteiger partial charge in [-0.05, 0) is 29.9 Å². The first-order valence-electron chi connectivity index (χ1n) is 8.42. The highest BCUT2D eigenvalue weighted by molar-refractivity contribution is 5.82. The van der Waals surface area contributed by atoms with Crippen molar-refractivity contribution in [2.45, 2.75) is 25.0 Å². The van der Waals surface area contributed by atoms with Crippen LogP contribution >= 0.6 is 0 Å². The van der Waals surface area contributed by atoms with Crippen molar-refractivity contribution < 1.29 is 14.6 Å². The van der Waals surface area contributed by atoms with Gasteiger partial charge in [0.05, 0.1) is 6.04 Å². The third kappa shape index (κ3) is 4.02. The first kappa shape index (κ1) is 16.7. The number of rotatable bonds is 5. The minimum Gasteiger partial charge on any atom is -0.381 e. The fourth-order valence-electron chi connectivity index (χ4n) is 3.20. The Morgan fingerprint density at radius 2 is 1.50 bits per heavy atom. The van der Waals surface area contributed by atoms with E-state index in [9.17, 15) is 9.90 Å². The molecule has 126 valence electrons. The average molecular weight is 325 g/mol. The van der Waals surface area contributed by atoms with Gasteiger partial charge in [0.25, 0.3) is 5.91 Å². The zero-order valence-electron chi connectivity index (χ0n) is 13.6. The highest BCUT2D eigenvalue weighted by atomic mass is 16.5. The van der Waals surface area contributed by atoms with Gasteiger partial charge in [-0.3, -0.25) is 4.79 Å². The number of hydrogen-bond acceptors (Lipinski definition) is 3. The highest BCUT2D eigenvalue weighted by Gasteiger charge is 2.29. The Morgan fingerprint density at radius 3 is 2.08 bits per heavy atom. The van der Waals surface area contributed by atoms with Gasteiger partial charge < -0.3 is 15.2 Å². The van der Waals surface area contributed by atoms with Crippen LogP contribution in [-0.4, -0.2) is 24.2 Å². The van der Waals surface area contributed by atoms with E-state index in [2.05, 4.69) is 5.32 Å². The number of aliphatic hydroxyl groups is 1. The first-order valence-corrected chi connectivity index (χ1v) is 8.42. The Balaban J connectivity index is 1.77. The van der Waals surface area contributed by atoms with Crippen LogP contribution in [0.3, 0.4) is 0 Å². The number of amides is 1. The lowest BCUT2D eigenvalue weighted by Gasteiger charge is -2.32. The number of carbonyl (C=O) groups excluding carboxylic acids is 1. The van der Waals surface area contributed by atoms with Gasteiger partial charge in [-0.15, -0.1) is 0 Å². The summed E-state index contributed by atoms with van der Waals surface area (Å²) in [6.45, 7) is 1.43. The molecule has 0 spiro atoms. The molecule has 3 rings (SSSR count). The van der Waals surface area contributed by atoms with Crippen LogP contribution in [0.1, 0.15) is 36.1 Å². The Labute approximate surface area is 142 Å². The topological polar surface area (TPSA) is 58.6 Å². The summed E-state index contributed by atoms with van der Waals surface area (Å²) in [7, 11) is 0. The van der Waals surface area contributed by atoms with E-state index in [-0.39, 0.29) is 11.9 Å². The lowest BCUT2D eigenvalue weighted by Crippen LogP contribution is -2.38. The number of hydrogen-bond donors (Lipinski definition) is 2. The molecule has 1 fully saturated rings. The molecule has 2 N–H and O–H groups in total. The molecule has 1 aliphatic rings. The monoisotopic (exact) mass is 325 g/mol. The van der Waals surface area contributed by atoms with Crippen molar-refractivity contribution >= 4 is 5.91 Å². The summed E-state index contributed by atoms with van der Waals surface area (Å²) in [6, 6.07) is 18.9. The van der Waals surface area contributed by atoms with E-state index < -0.39 is 6.10 Å². The highest BCUT2D eigenvalue weighted by Crippen LogP contribution is 2.30. The largest absolute Gasteiger partial charge is 0.381 e. The molecule has 0 unspecified atom stereocenters. The first-order chi connectivity index (χ1) is 11.8. The maximum absolute atomic E-state index is 12.6. The van der Waals surface area contributed by atoms with Gasteiger partial charge in [-0.1, -0.05) is 60.7 Å². The van der Waals surface area contributed by atoms with E-state index in [4.69, 9.17) is 4.74 Å². The third-order valence-electron chi connectivity index (χ3n) is 4.56. The van der Waals surface area contributed by atoms with E-state index in [1.165, 1.54) is 0 Å². The number of nitrogens with one attached hydrogen (secondary N) is 1. The predicted molar refractivity (Wildman–Crippen MR) is 92.3 cm³/mol. The minimum absolute atomic E-state index is 0.110. The SMILES string of the molecule is O=C(N[C@@H](c1ccccc1)C1CCOCC1)[C@@H](O)c1ccccc1. The molecule has 4 heteroatoms. The van der Waals surface area contributed by atoms with Crippen molar-refractivity contribution in [3.05, 3.63) is 71.8 Å². The lowest BCUT2D eigenvalue weighted by atomic mass is 9.87. The van der Waals surface area contributed by atoms with Gasteiger partial charge in [0.2, 0.25) is 0 Å². The molecule has 2 atom stereocenters. The van der Waals surface area contributed by atoms with E-state index in [1.54, 1.807) is 12.1 Å². The van der Waals surface area contributed by atoms with Crippen molar-refractivity contribution in [1.82, 2.24) is 5.32 Å². The van der Waals surface area contributed by atoms with Crippen LogP contribution in [0.15, 0.2) is 60.7 Å². The van der Waals surface area contributed by atoms with Crippen LogP contribution in [0.25, 0.3) is 0 Å². The molecule has 0 bridgehead atoms. The molecule has 2 aromatic rings. The Hall–Kier alpha value is -2.17. The number of benzene rings is 2. The van der Waals surface area contributed by atoms with Gasteiger partial charge in [0.1, 0.15) is 0 Å². The molecule has 0 saturated carbocycles.